The first-order valence-electron chi connectivity index (χ1n) is 9.45. The van der Waals surface area contributed by atoms with Crippen LogP contribution < -0.4 is 27.4 Å². The van der Waals surface area contributed by atoms with Crippen LogP contribution >= 0.6 is 0 Å². The van der Waals surface area contributed by atoms with Crippen LogP contribution in [0.4, 0.5) is 0 Å². The normalized spacial score (nSPS) is 15.1. The van der Waals surface area contributed by atoms with Gasteiger partial charge >= 0.3 is 17.9 Å². The number of nitrogens with two attached hydrogens (primary N) is 2. The molecule has 0 aromatic heterocycles. The Labute approximate surface area is 186 Å². The Hall–Kier alpha value is -3.79. The fourth-order valence-electron chi connectivity index (χ4n) is 2.42. The first-order chi connectivity index (χ1) is 15.1. The van der Waals surface area contributed by atoms with Crippen molar-refractivity contribution in [3.05, 3.63) is 0 Å². The Kier molecular flexibility index (Phi) is 12.0. The van der Waals surface area contributed by atoms with E-state index in [2.05, 4.69) is 0 Å². The van der Waals surface area contributed by atoms with Crippen molar-refractivity contribution in [3.63, 3.8) is 0 Å². The summed E-state index contributed by atoms with van der Waals surface area (Å²) in [5.41, 5.74) is 10.4. The van der Waals surface area contributed by atoms with Gasteiger partial charge in [-0.1, -0.05) is 0 Å². The van der Waals surface area contributed by atoms with Crippen LogP contribution in [0.15, 0.2) is 0 Å². The van der Waals surface area contributed by atoms with Crippen LogP contribution in [0.3, 0.4) is 0 Å². The predicted octanol–water partition coefficient (Wildman–Crippen LogP) is -4.55. The summed E-state index contributed by atoms with van der Waals surface area (Å²) in [4.78, 5) is 80.8. The summed E-state index contributed by atoms with van der Waals surface area (Å²) in [6.45, 7) is 1.09. The van der Waals surface area contributed by atoms with Crippen molar-refractivity contribution < 1.29 is 54.0 Å². The van der Waals surface area contributed by atoms with Gasteiger partial charge in [-0.3, -0.25) is 28.8 Å². The molecule has 0 fully saturated rings. The van der Waals surface area contributed by atoms with Gasteiger partial charge in [-0.05, 0) is 13.3 Å². The van der Waals surface area contributed by atoms with Crippen LogP contribution in [0.2, 0.25) is 0 Å². The van der Waals surface area contributed by atoms with Gasteiger partial charge < -0.3 is 47.8 Å². The zero-order valence-corrected chi connectivity index (χ0v) is 17.5. The molecule has 0 aliphatic heterocycles. The highest BCUT2D eigenvalue weighted by Gasteiger charge is 2.33. The molecule has 16 heteroatoms. The van der Waals surface area contributed by atoms with Crippen LogP contribution in [-0.2, 0) is 33.6 Å². The number of aliphatic hydroxyl groups is 1. The molecule has 0 rings (SSSR count). The second-order valence-corrected chi connectivity index (χ2v) is 6.99. The fourth-order valence-corrected chi connectivity index (χ4v) is 2.42. The number of carboxylic acid groups (broad SMARTS) is 3. The minimum absolute atomic E-state index is 0.499. The van der Waals surface area contributed by atoms with Crippen molar-refractivity contribution in [2.24, 2.45) is 11.5 Å². The minimum Gasteiger partial charge on any atom is -0.481 e. The van der Waals surface area contributed by atoms with E-state index in [4.69, 9.17) is 26.8 Å². The third kappa shape index (κ3) is 11.4. The molecule has 0 heterocycles. The monoisotopic (exact) mass is 477 g/mol. The van der Waals surface area contributed by atoms with Crippen LogP contribution in [0, 0.1) is 0 Å². The van der Waals surface area contributed by atoms with E-state index in [1.807, 2.05) is 16.0 Å². The number of carboxylic acids is 3. The van der Waals surface area contributed by atoms with Crippen molar-refractivity contribution in [2.75, 3.05) is 0 Å². The van der Waals surface area contributed by atoms with Crippen molar-refractivity contribution >= 4 is 41.5 Å². The quantitative estimate of drug-likeness (QED) is 0.108. The molecule has 11 N–H and O–H groups in total. The number of nitrogens with one attached hydrogen (secondary N) is 3. The maximum Gasteiger partial charge on any atom is 0.326 e. The number of carbonyl (C=O) groups excluding carboxylic acids is 4. The van der Waals surface area contributed by atoms with E-state index in [1.54, 1.807) is 0 Å². The molecule has 0 aromatic carbocycles. The number of amides is 4. The minimum atomic E-state index is -1.74. The van der Waals surface area contributed by atoms with Crippen molar-refractivity contribution in [2.45, 2.75) is 62.9 Å². The summed E-state index contributed by atoms with van der Waals surface area (Å²) in [6.07, 6.45) is -4.25. The van der Waals surface area contributed by atoms with Crippen molar-refractivity contribution in [1.82, 2.24) is 16.0 Å². The van der Waals surface area contributed by atoms with Crippen LogP contribution in [0.25, 0.3) is 0 Å². The molecule has 0 bridgehead atoms. The van der Waals surface area contributed by atoms with Gasteiger partial charge in [-0.25, -0.2) is 4.79 Å². The largest absolute Gasteiger partial charge is 0.481 e. The van der Waals surface area contributed by atoms with E-state index in [9.17, 15) is 38.7 Å². The van der Waals surface area contributed by atoms with Crippen LogP contribution in [0.1, 0.15) is 32.6 Å². The molecule has 0 aliphatic rings. The summed E-state index contributed by atoms with van der Waals surface area (Å²) >= 11 is 0. The van der Waals surface area contributed by atoms with E-state index in [0.717, 1.165) is 6.92 Å². The Bertz CT molecular complexity index is 785. The highest BCUT2D eigenvalue weighted by atomic mass is 16.4. The SMILES string of the molecule is CC(O)C(NC(=O)C(N)CC(=O)O)C(=O)NC(CC(N)=O)C(=O)NC(CCC(=O)O)C(=O)O. The molecule has 186 valence electrons. The number of rotatable bonds is 15. The predicted molar refractivity (Wildman–Crippen MR) is 106 cm³/mol. The van der Waals surface area contributed by atoms with Gasteiger partial charge in [0.1, 0.15) is 18.1 Å². The molecule has 0 aliphatic carbocycles. The number of primary amides is 1. The maximum atomic E-state index is 12.5. The van der Waals surface area contributed by atoms with Gasteiger partial charge in [0.05, 0.1) is 25.0 Å². The zero-order valence-electron chi connectivity index (χ0n) is 17.5. The van der Waals surface area contributed by atoms with Crippen molar-refractivity contribution in [1.29, 1.82) is 0 Å². The smallest absolute Gasteiger partial charge is 0.326 e. The van der Waals surface area contributed by atoms with Gasteiger partial charge in [0.2, 0.25) is 23.6 Å². The van der Waals surface area contributed by atoms with Gasteiger partial charge in [-0.15, -0.1) is 0 Å². The first kappa shape index (κ1) is 29.2. The summed E-state index contributed by atoms with van der Waals surface area (Å²) in [7, 11) is 0. The Morgan fingerprint density at radius 3 is 1.76 bits per heavy atom. The molecule has 0 saturated heterocycles. The van der Waals surface area contributed by atoms with Gasteiger partial charge in [0.25, 0.3) is 0 Å². The van der Waals surface area contributed by atoms with E-state index >= 15 is 0 Å². The molecule has 0 radical (unpaired) electrons. The topological polar surface area (TPSA) is 289 Å². The summed E-state index contributed by atoms with van der Waals surface area (Å²) in [5.74, 6) is -8.87. The molecular formula is C17H27N5O11. The maximum absolute atomic E-state index is 12.5. The number of hydrogen-bond donors (Lipinski definition) is 9. The molecule has 16 nitrogen and oxygen atoms in total. The van der Waals surface area contributed by atoms with Crippen LogP contribution in [0.5, 0.6) is 0 Å². The van der Waals surface area contributed by atoms with Crippen molar-refractivity contribution in [3.8, 4) is 0 Å². The average Bonchev–Trinajstić information content (AvgIpc) is 2.66. The number of hydrogen-bond acceptors (Lipinski definition) is 9. The highest BCUT2D eigenvalue weighted by molar-refractivity contribution is 5.96. The summed E-state index contributed by atoms with van der Waals surface area (Å²) in [6, 6.07) is -6.70. The average molecular weight is 477 g/mol. The van der Waals surface area contributed by atoms with Crippen LogP contribution in [-0.4, -0.2) is 92.2 Å². The van der Waals surface area contributed by atoms with E-state index < -0.39 is 97.5 Å². The Morgan fingerprint density at radius 2 is 1.33 bits per heavy atom. The van der Waals surface area contributed by atoms with E-state index in [-0.39, 0.29) is 0 Å². The van der Waals surface area contributed by atoms with E-state index in [1.165, 1.54) is 0 Å². The summed E-state index contributed by atoms with van der Waals surface area (Å²) < 4.78 is 0. The molecule has 0 aromatic rings. The van der Waals surface area contributed by atoms with Gasteiger partial charge in [0.15, 0.2) is 0 Å². The lowest BCUT2D eigenvalue weighted by atomic mass is 10.1. The first-order valence-corrected chi connectivity index (χ1v) is 9.45. The third-order valence-corrected chi connectivity index (χ3v) is 4.09. The third-order valence-electron chi connectivity index (χ3n) is 4.09. The standard InChI is InChI=1S/C17H27N5O11/c1-6(23)13(22-14(29)7(18)4-12(27)28)16(31)21-9(5-10(19)24)15(30)20-8(17(32)33)2-3-11(25)26/h6-9,13,23H,2-5,18H2,1H3,(H2,19,24)(H,20,30)(H,21,31)(H,22,29)(H,25,26)(H,27,28)(H,32,33). The Balaban J connectivity index is 5.47. The molecule has 5 atom stereocenters. The van der Waals surface area contributed by atoms with E-state index in [0.29, 0.717) is 0 Å². The zero-order chi connectivity index (χ0) is 25.9. The molecular weight excluding hydrogens is 450 g/mol. The lowest BCUT2D eigenvalue weighted by molar-refractivity contribution is -0.143. The molecule has 0 spiro atoms. The van der Waals surface area contributed by atoms with Gasteiger partial charge in [0, 0.05) is 6.42 Å². The number of aliphatic hydroxyl groups excluding tert-OH is 1. The number of carbonyl (C=O) groups is 7. The summed E-state index contributed by atoms with van der Waals surface area (Å²) in [5, 5.41) is 42.3. The molecule has 33 heavy (non-hydrogen) atoms. The molecule has 0 saturated carbocycles. The lowest BCUT2D eigenvalue weighted by Crippen LogP contribution is -2.60. The highest BCUT2D eigenvalue weighted by Crippen LogP contribution is 2.03. The molecule has 4 amide bonds. The Morgan fingerprint density at radius 1 is 0.788 bits per heavy atom. The second-order valence-electron chi connectivity index (χ2n) is 6.99. The lowest BCUT2D eigenvalue weighted by Gasteiger charge is -2.25. The molecule has 5 unspecified atom stereocenters. The fraction of sp³-hybridized carbons (Fsp3) is 0.588. The number of aliphatic carboxylic acids is 3. The second kappa shape index (κ2) is 13.6. The van der Waals surface area contributed by atoms with Gasteiger partial charge in [-0.2, -0.15) is 0 Å².